The number of allylic oxidation sites excluding steroid dienone is 5. The van der Waals surface area contributed by atoms with Crippen LogP contribution in [0.3, 0.4) is 0 Å². The Morgan fingerprint density at radius 2 is 0.966 bits per heavy atom. The molecule has 0 saturated carbocycles. The molecule has 13 rings (SSSR count). The third kappa shape index (κ3) is 4.00. The van der Waals surface area contributed by atoms with Gasteiger partial charge in [-0.15, -0.1) is 0 Å². The molecule has 1 heteroatoms. The zero-order chi connectivity index (χ0) is 38.9. The molecular weight excluding hydrogens is 713 g/mol. The number of rotatable bonds is 3. The first-order chi connectivity index (χ1) is 29.2. The van der Waals surface area contributed by atoms with E-state index in [0.29, 0.717) is 0 Å². The first kappa shape index (κ1) is 32.6. The third-order valence-corrected chi connectivity index (χ3v) is 13.7. The van der Waals surface area contributed by atoms with Gasteiger partial charge in [0.1, 0.15) is 11.5 Å². The van der Waals surface area contributed by atoms with E-state index in [1.54, 1.807) is 0 Å². The highest BCUT2D eigenvalue weighted by Gasteiger charge is 2.55. The van der Waals surface area contributed by atoms with E-state index in [9.17, 15) is 0 Å². The maximum absolute atomic E-state index is 7.11. The lowest BCUT2D eigenvalue weighted by Crippen LogP contribution is -2.32. The highest BCUT2D eigenvalue weighted by Crippen LogP contribution is 2.67. The number of fused-ring (bicyclic) bond motifs is 19. The molecule has 9 aromatic carbocycles. The van der Waals surface area contributed by atoms with Gasteiger partial charge in [-0.1, -0.05) is 189 Å². The first-order valence-corrected chi connectivity index (χ1v) is 20.5. The molecule has 4 aliphatic rings. The largest absolute Gasteiger partial charge is 0.457 e. The summed E-state index contributed by atoms with van der Waals surface area (Å²) in [6.45, 7) is 4.14. The minimum absolute atomic E-state index is 0.579. The summed E-state index contributed by atoms with van der Waals surface area (Å²) >= 11 is 0. The molecule has 0 amide bonds. The fourth-order valence-electron chi connectivity index (χ4n) is 11.6. The van der Waals surface area contributed by atoms with Crippen LogP contribution in [0.5, 0.6) is 11.5 Å². The Balaban J connectivity index is 1.18. The third-order valence-electron chi connectivity index (χ3n) is 13.7. The van der Waals surface area contributed by atoms with Gasteiger partial charge >= 0.3 is 0 Å². The Bertz CT molecular complexity index is 3350. The van der Waals surface area contributed by atoms with Gasteiger partial charge in [0.05, 0.1) is 10.8 Å². The molecule has 3 aliphatic carbocycles. The van der Waals surface area contributed by atoms with Crippen molar-refractivity contribution < 1.29 is 4.74 Å². The second kappa shape index (κ2) is 11.8. The van der Waals surface area contributed by atoms with E-state index < -0.39 is 10.8 Å². The molecule has 1 atom stereocenters. The monoisotopic (exact) mass is 748 g/mol. The van der Waals surface area contributed by atoms with E-state index in [2.05, 4.69) is 207 Å². The standard InChI is InChI=1S/C58H36O/c1-2-3-19-44-43-23-10-14-27-48(43)58(49-28-15-11-24-45(49)55-40-20-7-6-16-36(40)29-31-50(55)58)56(44)39-30-32-53-51(34-39)57(52-33-37-17-4-5-18-38(37)35-54(52)59-53)46-25-12-8-21-41(46)42-22-9-13-26-47(42)57/h2-35H,1H2/b19-3-. The number of hydrogen-bond donors (Lipinski definition) is 0. The fourth-order valence-corrected chi connectivity index (χ4v) is 11.6. The molecule has 1 nitrogen and oxygen atoms in total. The Labute approximate surface area is 343 Å². The maximum atomic E-state index is 7.11. The molecule has 0 N–H and O–H groups in total. The fraction of sp³-hybridized carbons (Fsp3) is 0.0345. The summed E-state index contributed by atoms with van der Waals surface area (Å²) in [6, 6.07) is 70.1. The molecule has 1 aliphatic heterocycles. The van der Waals surface area contributed by atoms with Gasteiger partial charge in [-0.05, 0) is 118 Å². The van der Waals surface area contributed by atoms with Crippen molar-refractivity contribution in [1.29, 1.82) is 0 Å². The number of ether oxygens (including phenoxy) is 1. The molecule has 59 heavy (non-hydrogen) atoms. The van der Waals surface area contributed by atoms with Crippen molar-refractivity contribution in [3.05, 3.63) is 263 Å². The molecule has 0 saturated heterocycles. The Hall–Kier alpha value is -7.48. The number of benzene rings is 9. The quantitative estimate of drug-likeness (QED) is 0.164. The molecule has 0 fully saturated rings. The zero-order valence-electron chi connectivity index (χ0n) is 32.2. The molecule has 1 unspecified atom stereocenters. The van der Waals surface area contributed by atoms with Crippen LogP contribution < -0.4 is 4.74 Å². The lowest BCUT2D eigenvalue weighted by atomic mass is 9.64. The van der Waals surface area contributed by atoms with Crippen molar-refractivity contribution in [3.63, 3.8) is 0 Å². The average Bonchev–Trinajstić information content (AvgIpc) is 3.88. The smallest absolute Gasteiger partial charge is 0.132 e. The second-order valence-corrected chi connectivity index (χ2v) is 16.3. The Morgan fingerprint density at radius 3 is 1.68 bits per heavy atom. The van der Waals surface area contributed by atoms with Crippen LogP contribution in [0.25, 0.3) is 54.9 Å². The normalized spacial score (nSPS) is 17.1. The molecule has 0 radical (unpaired) electrons. The maximum Gasteiger partial charge on any atom is 0.132 e. The van der Waals surface area contributed by atoms with Gasteiger partial charge in [-0.25, -0.2) is 0 Å². The van der Waals surface area contributed by atoms with Crippen LogP contribution in [-0.4, -0.2) is 0 Å². The van der Waals surface area contributed by atoms with Gasteiger partial charge < -0.3 is 4.74 Å². The molecule has 0 aromatic heterocycles. The van der Waals surface area contributed by atoms with Gasteiger partial charge in [0.2, 0.25) is 0 Å². The number of hydrogen-bond acceptors (Lipinski definition) is 1. The molecular formula is C58H36O. The summed E-state index contributed by atoms with van der Waals surface area (Å²) in [4.78, 5) is 0. The van der Waals surface area contributed by atoms with Crippen molar-refractivity contribution in [2.75, 3.05) is 0 Å². The van der Waals surface area contributed by atoms with E-state index in [0.717, 1.165) is 17.1 Å². The molecule has 2 spiro atoms. The SMILES string of the molecule is C=C/C=C\C1=C(c2ccc3c(c2)C2(c4cc5ccccc5cc4O3)c3ccccc3-c3ccccc32)C2(c3ccccc31)c1ccccc1-c1c2ccc2ccccc12. The van der Waals surface area contributed by atoms with Crippen molar-refractivity contribution in [2.45, 2.75) is 10.8 Å². The van der Waals surface area contributed by atoms with Crippen molar-refractivity contribution in [2.24, 2.45) is 0 Å². The summed E-state index contributed by atoms with van der Waals surface area (Å²) in [6.07, 6.45) is 6.28. The van der Waals surface area contributed by atoms with Crippen LogP contribution >= 0.6 is 0 Å². The van der Waals surface area contributed by atoms with Crippen LogP contribution in [0, 0.1) is 0 Å². The first-order valence-electron chi connectivity index (χ1n) is 20.5. The van der Waals surface area contributed by atoms with Crippen molar-refractivity contribution >= 4 is 32.7 Å². The molecule has 1 heterocycles. The van der Waals surface area contributed by atoms with Crippen LogP contribution in [0.2, 0.25) is 0 Å². The molecule has 0 bridgehead atoms. The summed E-state index contributed by atoms with van der Waals surface area (Å²) in [7, 11) is 0. The van der Waals surface area contributed by atoms with E-state index in [4.69, 9.17) is 4.74 Å². The Kier molecular flexibility index (Phi) is 6.51. The van der Waals surface area contributed by atoms with Crippen LogP contribution in [-0.2, 0) is 10.8 Å². The average molecular weight is 749 g/mol. The van der Waals surface area contributed by atoms with Gasteiger partial charge in [0.15, 0.2) is 0 Å². The van der Waals surface area contributed by atoms with E-state index >= 15 is 0 Å². The van der Waals surface area contributed by atoms with Crippen LogP contribution in [0.1, 0.15) is 50.1 Å². The zero-order valence-corrected chi connectivity index (χ0v) is 32.2. The summed E-state index contributed by atoms with van der Waals surface area (Å²) in [5, 5.41) is 4.90. The second-order valence-electron chi connectivity index (χ2n) is 16.3. The topological polar surface area (TPSA) is 9.23 Å². The molecule has 274 valence electrons. The predicted molar refractivity (Wildman–Crippen MR) is 243 cm³/mol. The lowest BCUT2D eigenvalue weighted by molar-refractivity contribution is 0.437. The minimum Gasteiger partial charge on any atom is -0.457 e. The van der Waals surface area contributed by atoms with Crippen LogP contribution in [0.4, 0.5) is 0 Å². The van der Waals surface area contributed by atoms with E-state index in [1.165, 1.54) is 99.5 Å². The van der Waals surface area contributed by atoms with E-state index in [1.807, 2.05) is 6.08 Å². The van der Waals surface area contributed by atoms with Gasteiger partial charge in [0, 0.05) is 11.1 Å². The highest BCUT2D eigenvalue weighted by atomic mass is 16.5. The summed E-state index contributed by atoms with van der Waals surface area (Å²) in [5.74, 6) is 1.79. The molecule has 9 aromatic rings. The highest BCUT2D eigenvalue weighted by molar-refractivity contribution is 6.15. The van der Waals surface area contributed by atoms with Crippen molar-refractivity contribution in [3.8, 4) is 33.8 Å². The van der Waals surface area contributed by atoms with E-state index in [-0.39, 0.29) is 0 Å². The van der Waals surface area contributed by atoms with Gasteiger partial charge in [-0.2, -0.15) is 0 Å². The lowest BCUT2D eigenvalue weighted by Gasteiger charge is -2.40. The van der Waals surface area contributed by atoms with Gasteiger partial charge in [0.25, 0.3) is 0 Å². The van der Waals surface area contributed by atoms with Gasteiger partial charge in [-0.3, -0.25) is 0 Å². The summed E-state index contributed by atoms with van der Waals surface area (Å²) < 4.78 is 7.11. The minimum atomic E-state index is -0.617. The Morgan fingerprint density at radius 1 is 0.407 bits per heavy atom. The van der Waals surface area contributed by atoms with Crippen molar-refractivity contribution in [1.82, 2.24) is 0 Å². The predicted octanol–water partition coefficient (Wildman–Crippen LogP) is 14.4. The van der Waals surface area contributed by atoms with Crippen LogP contribution in [0.15, 0.2) is 213 Å². The summed E-state index contributed by atoms with van der Waals surface area (Å²) in [5.41, 5.74) is 17.7.